The van der Waals surface area contributed by atoms with Gasteiger partial charge in [0.2, 0.25) is 22.3 Å². The summed E-state index contributed by atoms with van der Waals surface area (Å²) in [6.45, 7) is 4.26. The van der Waals surface area contributed by atoms with Crippen LogP contribution in [0.3, 0.4) is 0 Å². The summed E-state index contributed by atoms with van der Waals surface area (Å²) >= 11 is 0. The molecule has 28 heavy (non-hydrogen) atoms. The summed E-state index contributed by atoms with van der Waals surface area (Å²) in [4.78, 5) is 12.7. The largest absolute Gasteiger partial charge is 0.423 e. The van der Waals surface area contributed by atoms with Crippen molar-refractivity contribution in [2.75, 3.05) is 18.4 Å². The van der Waals surface area contributed by atoms with Crippen molar-refractivity contribution in [2.24, 2.45) is 0 Å². The first-order valence-electron chi connectivity index (χ1n) is 8.74. The number of nitrogens with zero attached hydrogens (tertiary/aromatic N) is 3. The molecular weight excluding hydrogens is 380 g/mol. The molecule has 0 atom stereocenters. The van der Waals surface area contributed by atoms with Gasteiger partial charge in [0.05, 0.1) is 4.90 Å². The van der Waals surface area contributed by atoms with Crippen molar-refractivity contribution in [3.05, 3.63) is 60.5 Å². The number of carbonyl (C=O) groups is 1. The van der Waals surface area contributed by atoms with Crippen LogP contribution in [-0.4, -0.2) is 41.9 Å². The Morgan fingerprint density at radius 3 is 2.54 bits per heavy atom. The fourth-order valence-electron chi connectivity index (χ4n) is 2.74. The topological polar surface area (TPSA) is 105 Å². The SMILES string of the molecule is CCN(CC)S(=O)(=O)c1cccc(C(=O)Nc2cccc(-c3nnco3)c2)c1. The van der Waals surface area contributed by atoms with Crippen molar-refractivity contribution in [2.45, 2.75) is 18.7 Å². The normalized spacial score (nSPS) is 11.5. The number of nitrogens with one attached hydrogen (secondary N) is 1. The average molecular weight is 400 g/mol. The smallest absolute Gasteiger partial charge is 0.255 e. The molecule has 0 aliphatic rings. The summed E-state index contributed by atoms with van der Waals surface area (Å²) < 4.78 is 31.8. The third-order valence-corrected chi connectivity index (χ3v) is 6.21. The van der Waals surface area contributed by atoms with Crippen LogP contribution in [0.15, 0.2) is 64.2 Å². The number of sulfonamides is 1. The number of aromatic nitrogens is 2. The zero-order chi connectivity index (χ0) is 20.1. The summed E-state index contributed by atoms with van der Waals surface area (Å²) in [6, 6.07) is 12.9. The summed E-state index contributed by atoms with van der Waals surface area (Å²) in [6.07, 6.45) is 1.22. The highest BCUT2D eigenvalue weighted by Crippen LogP contribution is 2.22. The first-order chi connectivity index (χ1) is 13.5. The fourth-order valence-corrected chi connectivity index (χ4v) is 4.25. The predicted octanol–water partition coefficient (Wildman–Crippen LogP) is 3.02. The van der Waals surface area contributed by atoms with Gasteiger partial charge in [-0.1, -0.05) is 26.0 Å². The minimum Gasteiger partial charge on any atom is -0.423 e. The predicted molar refractivity (Wildman–Crippen MR) is 104 cm³/mol. The number of benzene rings is 2. The van der Waals surface area contributed by atoms with Crippen LogP contribution < -0.4 is 5.32 Å². The molecule has 146 valence electrons. The Balaban J connectivity index is 1.83. The van der Waals surface area contributed by atoms with Crippen molar-refractivity contribution in [3.63, 3.8) is 0 Å². The van der Waals surface area contributed by atoms with Crippen molar-refractivity contribution in [3.8, 4) is 11.5 Å². The highest BCUT2D eigenvalue weighted by Gasteiger charge is 2.22. The van der Waals surface area contributed by atoms with Gasteiger partial charge in [0.1, 0.15) is 0 Å². The van der Waals surface area contributed by atoms with Crippen LogP contribution in [0.2, 0.25) is 0 Å². The van der Waals surface area contributed by atoms with Gasteiger partial charge in [-0.05, 0) is 36.4 Å². The molecule has 8 nitrogen and oxygen atoms in total. The van der Waals surface area contributed by atoms with Gasteiger partial charge in [-0.3, -0.25) is 4.79 Å². The number of hydrogen-bond donors (Lipinski definition) is 1. The van der Waals surface area contributed by atoms with Gasteiger partial charge in [-0.15, -0.1) is 10.2 Å². The molecule has 3 rings (SSSR count). The molecule has 0 saturated carbocycles. The number of hydrogen-bond acceptors (Lipinski definition) is 6. The molecular formula is C19H20N4O4S. The van der Waals surface area contributed by atoms with E-state index in [0.717, 1.165) is 0 Å². The third-order valence-electron chi connectivity index (χ3n) is 4.17. The monoisotopic (exact) mass is 400 g/mol. The van der Waals surface area contributed by atoms with Gasteiger partial charge in [0, 0.05) is 29.9 Å². The first kappa shape index (κ1) is 19.7. The van der Waals surface area contributed by atoms with Crippen LogP contribution in [0.5, 0.6) is 0 Å². The zero-order valence-electron chi connectivity index (χ0n) is 15.5. The van der Waals surface area contributed by atoms with E-state index in [4.69, 9.17) is 4.42 Å². The maximum Gasteiger partial charge on any atom is 0.255 e. The van der Waals surface area contributed by atoms with E-state index in [2.05, 4.69) is 15.5 Å². The van der Waals surface area contributed by atoms with Crippen molar-refractivity contribution >= 4 is 21.6 Å². The Labute approximate surface area is 163 Å². The van der Waals surface area contributed by atoms with Crippen LogP contribution in [0.1, 0.15) is 24.2 Å². The second-order valence-electron chi connectivity index (χ2n) is 5.90. The maximum absolute atomic E-state index is 12.7. The fraction of sp³-hybridized carbons (Fsp3) is 0.211. The van der Waals surface area contributed by atoms with Gasteiger partial charge in [0.15, 0.2) is 0 Å². The Hall–Kier alpha value is -3.04. The molecule has 1 heterocycles. The highest BCUT2D eigenvalue weighted by molar-refractivity contribution is 7.89. The molecule has 1 aromatic heterocycles. The first-order valence-corrected chi connectivity index (χ1v) is 10.2. The summed E-state index contributed by atoms with van der Waals surface area (Å²) in [5, 5.41) is 10.2. The molecule has 0 spiro atoms. The molecule has 0 aliphatic carbocycles. The summed E-state index contributed by atoms with van der Waals surface area (Å²) in [5.41, 5.74) is 1.43. The van der Waals surface area contributed by atoms with Crippen LogP contribution in [0, 0.1) is 0 Å². The Morgan fingerprint density at radius 2 is 1.86 bits per heavy atom. The van der Waals surface area contributed by atoms with E-state index in [9.17, 15) is 13.2 Å². The Morgan fingerprint density at radius 1 is 1.11 bits per heavy atom. The molecule has 0 fully saturated rings. The molecule has 0 radical (unpaired) electrons. The molecule has 1 amide bonds. The summed E-state index contributed by atoms with van der Waals surface area (Å²) in [5.74, 6) is -0.0808. The number of carbonyl (C=O) groups excluding carboxylic acids is 1. The lowest BCUT2D eigenvalue weighted by Gasteiger charge is -2.18. The van der Waals surface area contributed by atoms with Crippen molar-refractivity contribution < 1.29 is 17.6 Å². The van der Waals surface area contributed by atoms with Crippen LogP contribution >= 0.6 is 0 Å². The number of anilines is 1. The van der Waals surface area contributed by atoms with Gasteiger partial charge in [0.25, 0.3) is 5.91 Å². The van der Waals surface area contributed by atoms with E-state index >= 15 is 0 Å². The standard InChI is InChI=1S/C19H20N4O4S/c1-3-23(4-2)28(25,26)17-10-6-7-14(12-17)18(24)21-16-9-5-8-15(11-16)19-22-20-13-27-19/h5-13H,3-4H2,1-2H3,(H,21,24). The lowest BCUT2D eigenvalue weighted by atomic mass is 10.1. The average Bonchev–Trinajstić information content (AvgIpc) is 3.24. The maximum atomic E-state index is 12.7. The van der Waals surface area contributed by atoms with Crippen molar-refractivity contribution in [1.82, 2.24) is 14.5 Å². The van der Waals surface area contributed by atoms with E-state index in [1.165, 1.54) is 22.8 Å². The third kappa shape index (κ3) is 4.10. The molecule has 0 bridgehead atoms. The number of amides is 1. The van der Waals surface area contributed by atoms with Crippen LogP contribution in [0.25, 0.3) is 11.5 Å². The molecule has 0 aliphatic heterocycles. The second kappa shape index (κ2) is 8.32. The minimum absolute atomic E-state index is 0.0865. The second-order valence-corrected chi connectivity index (χ2v) is 7.83. The molecule has 0 unspecified atom stereocenters. The molecule has 0 saturated heterocycles. The van der Waals surface area contributed by atoms with Gasteiger partial charge in [-0.2, -0.15) is 4.31 Å². The Bertz CT molecular complexity index is 1060. The summed E-state index contributed by atoms with van der Waals surface area (Å²) in [7, 11) is -3.64. The van der Waals surface area contributed by atoms with Gasteiger partial charge in [-0.25, -0.2) is 8.42 Å². The van der Waals surface area contributed by atoms with E-state index in [1.807, 2.05) is 0 Å². The zero-order valence-corrected chi connectivity index (χ0v) is 16.3. The van der Waals surface area contributed by atoms with E-state index in [1.54, 1.807) is 50.2 Å². The lowest BCUT2D eigenvalue weighted by Crippen LogP contribution is -2.30. The minimum atomic E-state index is -3.64. The Kier molecular flexibility index (Phi) is 5.86. The number of rotatable bonds is 7. The van der Waals surface area contributed by atoms with E-state index < -0.39 is 15.9 Å². The quantitative estimate of drug-likeness (QED) is 0.653. The van der Waals surface area contributed by atoms with Crippen LogP contribution in [0.4, 0.5) is 5.69 Å². The molecule has 2 aromatic carbocycles. The molecule has 9 heteroatoms. The van der Waals surface area contributed by atoms with E-state index in [0.29, 0.717) is 30.2 Å². The molecule has 3 aromatic rings. The lowest BCUT2D eigenvalue weighted by molar-refractivity contribution is 0.102. The van der Waals surface area contributed by atoms with Crippen LogP contribution in [-0.2, 0) is 10.0 Å². The van der Waals surface area contributed by atoms with Crippen molar-refractivity contribution in [1.29, 1.82) is 0 Å². The van der Waals surface area contributed by atoms with E-state index in [-0.39, 0.29) is 10.5 Å². The van der Waals surface area contributed by atoms with Gasteiger partial charge >= 0.3 is 0 Å². The highest BCUT2D eigenvalue weighted by atomic mass is 32.2. The molecule has 1 N–H and O–H groups in total. The van der Waals surface area contributed by atoms with Gasteiger partial charge < -0.3 is 9.73 Å².